The van der Waals surface area contributed by atoms with E-state index in [0.717, 1.165) is 6.07 Å². The molecule has 0 aliphatic rings. The zero-order valence-electron chi connectivity index (χ0n) is 7.68. The quantitative estimate of drug-likeness (QED) is 0.836. The molecule has 0 saturated heterocycles. The number of aromatic carboxylic acids is 1. The first-order valence-corrected chi connectivity index (χ1v) is 6.41. The fourth-order valence-corrected chi connectivity index (χ4v) is 2.42. The van der Waals surface area contributed by atoms with E-state index in [2.05, 4.69) is 0 Å². The summed E-state index contributed by atoms with van der Waals surface area (Å²) in [6.07, 6.45) is 0. The van der Waals surface area contributed by atoms with Gasteiger partial charge in [0, 0.05) is 22.1 Å². The highest BCUT2D eigenvalue weighted by atomic mass is 35.7. The summed E-state index contributed by atoms with van der Waals surface area (Å²) in [7, 11) is 1.29. The average Bonchev–Trinajstić information content (AvgIpc) is 2.58. The molecular formula is C9H5ClO5S. The molecule has 2 aromatic rings. The lowest BCUT2D eigenvalue weighted by Crippen LogP contribution is -1.92. The topological polar surface area (TPSA) is 84.6 Å². The first-order chi connectivity index (χ1) is 7.39. The number of carbonyl (C=O) groups is 1. The molecule has 1 N–H and O–H groups in total. The summed E-state index contributed by atoms with van der Waals surface area (Å²) in [6, 6.07) is 5.30. The Morgan fingerprint density at radius 3 is 2.62 bits per heavy atom. The molecule has 0 radical (unpaired) electrons. The van der Waals surface area contributed by atoms with Gasteiger partial charge in [0.25, 0.3) is 9.05 Å². The van der Waals surface area contributed by atoms with Gasteiger partial charge in [-0.25, -0.2) is 13.2 Å². The molecule has 0 aliphatic heterocycles. The first-order valence-electron chi connectivity index (χ1n) is 4.10. The normalized spacial score (nSPS) is 11.8. The Hall–Kier alpha value is -1.53. The molecule has 2 rings (SSSR count). The van der Waals surface area contributed by atoms with Crippen molar-refractivity contribution in [1.82, 2.24) is 0 Å². The third kappa shape index (κ3) is 1.77. The van der Waals surface area contributed by atoms with Crippen LogP contribution < -0.4 is 0 Å². The van der Waals surface area contributed by atoms with Crippen LogP contribution in [0.25, 0.3) is 11.0 Å². The second-order valence-corrected chi connectivity index (χ2v) is 5.56. The van der Waals surface area contributed by atoms with Crippen LogP contribution in [-0.2, 0) is 9.05 Å². The highest BCUT2D eigenvalue weighted by Gasteiger charge is 2.18. The Bertz CT molecular complexity index is 670. The Kier molecular flexibility index (Phi) is 2.40. The molecule has 5 nitrogen and oxygen atoms in total. The Morgan fingerprint density at radius 1 is 1.38 bits per heavy atom. The monoisotopic (exact) mass is 260 g/mol. The molecule has 0 bridgehead atoms. The van der Waals surface area contributed by atoms with Gasteiger partial charge in [0.2, 0.25) is 5.76 Å². The summed E-state index contributed by atoms with van der Waals surface area (Å²) in [5.74, 6) is -1.60. The summed E-state index contributed by atoms with van der Waals surface area (Å²) in [5, 5.41) is 8.87. The molecule has 7 heteroatoms. The number of hydrogen-bond donors (Lipinski definition) is 1. The molecule has 0 saturated carbocycles. The molecule has 1 aromatic carbocycles. The van der Waals surface area contributed by atoms with Gasteiger partial charge < -0.3 is 9.52 Å². The van der Waals surface area contributed by atoms with Gasteiger partial charge in [0.15, 0.2) is 0 Å². The molecule has 0 amide bonds. The highest BCUT2D eigenvalue weighted by Crippen LogP contribution is 2.28. The highest BCUT2D eigenvalue weighted by molar-refractivity contribution is 8.14. The molecule has 1 aromatic heterocycles. The third-order valence-corrected chi connectivity index (χ3v) is 3.37. The molecule has 1 heterocycles. The van der Waals surface area contributed by atoms with Crippen molar-refractivity contribution < 1.29 is 22.7 Å². The van der Waals surface area contributed by atoms with Gasteiger partial charge in [-0.2, -0.15) is 0 Å². The molecule has 84 valence electrons. The van der Waals surface area contributed by atoms with Gasteiger partial charge in [-0.05, 0) is 12.1 Å². The van der Waals surface area contributed by atoms with E-state index in [9.17, 15) is 13.2 Å². The second kappa shape index (κ2) is 3.50. The predicted octanol–water partition coefficient (Wildman–Crippen LogP) is 2.06. The maximum atomic E-state index is 11.2. The van der Waals surface area contributed by atoms with Crippen molar-refractivity contribution in [3.8, 4) is 0 Å². The van der Waals surface area contributed by atoms with Crippen LogP contribution in [0.15, 0.2) is 33.6 Å². The lowest BCUT2D eigenvalue weighted by Gasteiger charge is -1.95. The number of benzene rings is 1. The van der Waals surface area contributed by atoms with Crippen molar-refractivity contribution in [3.63, 3.8) is 0 Å². The fraction of sp³-hybridized carbons (Fsp3) is 0. The molecule has 0 fully saturated rings. The number of hydrogen-bond acceptors (Lipinski definition) is 4. The summed E-state index contributed by atoms with van der Waals surface area (Å²) < 4.78 is 27.3. The zero-order valence-corrected chi connectivity index (χ0v) is 9.25. The van der Waals surface area contributed by atoms with Gasteiger partial charge in [-0.3, -0.25) is 0 Å². The number of halogens is 1. The van der Waals surface area contributed by atoms with Crippen LogP contribution in [-0.4, -0.2) is 19.5 Å². The van der Waals surface area contributed by atoms with Crippen molar-refractivity contribution in [2.24, 2.45) is 0 Å². The van der Waals surface area contributed by atoms with Gasteiger partial charge >= 0.3 is 5.97 Å². The van der Waals surface area contributed by atoms with E-state index in [1.807, 2.05) is 0 Å². The lowest BCUT2D eigenvalue weighted by atomic mass is 10.2. The van der Waals surface area contributed by atoms with Crippen molar-refractivity contribution in [1.29, 1.82) is 0 Å². The fourth-order valence-electron chi connectivity index (χ4n) is 1.35. The van der Waals surface area contributed by atoms with E-state index in [0.29, 0.717) is 0 Å². The summed E-state index contributed by atoms with van der Waals surface area (Å²) >= 11 is 0. The summed E-state index contributed by atoms with van der Waals surface area (Å²) in [4.78, 5) is 10.5. The third-order valence-electron chi connectivity index (χ3n) is 1.99. The van der Waals surface area contributed by atoms with Crippen molar-refractivity contribution in [3.05, 3.63) is 30.0 Å². The molecule has 0 spiro atoms. The van der Waals surface area contributed by atoms with Crippen LogP contribution >= 0.6 is 10.7 Å². The van der Waals surface area contributed by atoms with E-state index in [1.54, 1.807) is 0 Å². The minimum absolute atomic E-state index is 0.162. The molecular weight excluding hydrogens is 256 g/mol. The van der Waals surface area contributed by atoms with Crippen molar-refractivity contribution >= 4 is 36.7 Å². The van der Waals surface area contributed by atoms with Crippen molar-refractivity contribution in [2.45, 2.75) is 4.90 Å². The summed E-state index contributed by atoms with van der Waals surface area (Å²) in [5.41, 5.74) is 0.166. The molecule has 0 atom stereocenters. The van der Waals surface area contributed by atoms with Crippen LogP contribution in [0.5, 0.6) is 0 Å². The average molecular weight is 261 g/mol. The van der Waals surface area contributed by atoms with Gasteiger partial charge in [-0.15, -0.1) is 0 Å². The zero-order chi connectivity index (χ0) is 11.9. The van der Waals surface area contributed by atoms with Crippen LogP contribution in [0.4, 0.5) is 0 Å². The smallest absolute Gasteiger partial charge is 0.371 e. The molecule has 0 unspecified atom stereocenters. The number of carboxylic acid groups (broad SMARTS) is 1. The largest absolute Gasteiger partial charge is 0.475 e. The van der Waals surface area contributed by atoms with Crippen LogP contribution in [0.2, 0.25) is 0 Å². The number of carboxylic acids is 1. The lowest BCUT2D eigenvalue weighted by molar-refractivity contribution is 0.0665. The first kappa shape index (κ1) is 11.0. The van der Waals surface area contributed by atoms with E-state index in [-0.39, 0.29) is 21.6 Å². The van der Waals surface area contributed by atoms with Crippen LogP contribution in [0, 0.1) is 0 Å². The molecule has 0 aliphatic carbocycles. The maximum Gasteiger partial charge on any atom is 0.371 e. The Balaban J connectivity index is 2.83. The number of rotatable bonds is 2. The molecule has 16 heavy (non-hydrogen) atoms. The van der Waals surface area contributed by atoms with Gasteiger partial charge in [0.05, 0.1) is 4.90 Å². The SMILES string of the molecule is O=C(O)c1cc2c(S(=O)(=O)Cl)cccc2o1. The predicted molar refractivity (Wildman–Crippen MR) is 56.2 cm³/mol. The van der Waals surface area contributed by atoms with E-state index in [4.69, 9.17) is 20.2 Å². The van der Waals surface area contributed by atoms with E-state index in [1.165, 1.54) is 18.2 Å². The summed E-state index contributed by atoms with van der Waals surface area (Å²) in [6.45, 7) is 0. The van der Waals surface area contributed by atoms with Gasteiger partial charge in [-0.1, -0.05) is 6.07 Å². The number of fused-ring (bicyclic) bond motifs is 1. The van der Waals surface area contributed by atoms with Crippen LogP contribution in [0.3, 0.4) is 0 Å². The van der Waals surface area contributed by atoms with Crippen LogP contribution in [0.1, 0.15) is 10.6 Å². The van der Waals surface area contributed by atoms with E-state index >= 15 is 0 Å². The minimum atomic E-state index is -3.92. The van der Waals surface area contributed by atoms with Crippen molar-refractivity contribution in [2.75, 3.05) is 0 Å². The Morgan fingerprint density at radius 2 is 2.06 bits per heavy atom. The van der Waals surface area contributed by atoms with E-state index < -0.39 is 15.0 Å². The maximum absolute atomic E-state index is 11.2. The minimum Gasteiger partial charge on any atom is -0.475 e. The Labute approximate surface area is 94.7 Å². The van der Waals surface area contributed by atoms with Gasteiger partial charge in [0.1, 0.15) is 5.58 Å². The number of furan rings is 1. The second-order valence-electron chi connectivity index (χ2n) is 3.02. The standard InChI is InChI=1S/C9H5ClO5S/c10-16(13,14)8-3-1-2-6-5(8)4-7(15-6)9(11)12/h1-4H,(H,11,12).